The van der Waals surface area contributed by atoms with Gasteiger partial charge in [-0.3, -0.25) is 0 Å². The molecular formula is C16H30. The maximum Gasteiger partial charge on any atom is -0.0207 e. The highest BCUT2D eigenvalue weighted by Gasteiger charge is 2.20. The quantitative estimate of drug-likeness (QED) is 0.525. The first-order chi connectivity index (χ1) is 7.63. The van der Waals surface area contributed by atoms with E-state index < -0.39 is 0 Å². The van der Waals surface area contributed by atoms with Gasteiger partial charge in [0.15, 0.2) is 0 Å². The molecule has 0 aromatic rings. The lowest BCUT2D eigenvalue weighted by molar-refractivity contribution is 0.314. The van der Waals surface area contributed by atoms with Crippen molar-refractivity contribution in [2.24, 2.45) is 23.7 Å². The van der Waals surface area contributed by atoms with E-state index >= 15 is 0 Å². The van der Waals surface area contributed by atoms with E-state index in [1.807, 2.05) is 0 Å². The Kier molecular flexibility index (Phi) is 6.16. The molecular weight excluding hydrogens is 192 g/mol. The molecule has 0 nitrogen and oxygen atoms in total. The van der Waals surface area contributed by atoms with Crippen molar-refractivity contribution in [3.63, 3.8) is 0 Å². The molecule has 0 N–H and O–H groups in total. The van der Waals surface area contributed by atoms with Gasteiger partial charge in [-0.1, -0.05) is 52.7 Å². The summed E-state index contributed by atoms with van der Waals surface area (Å²) in [5.41, 5.74) is 0. The number of allylic oxidation sites excluding steroid dienone is 2. The third-order valence-electron chi connectivity index (χ3n) is 4.09. The van der Waals surface area contributed by atoms with E-state index in [-0.39, 0.29) is 0 Å². The first kappa shape index (κ1) is 13.8. The van der Waals surface area contributed by atoms with Crippen LogP contribution in [0.3, 0.4) is 0 Å². The summed E-state index contributed by atoms with van der Waals surface area (Å²) in [4.78, 5) is 0. The minimum Gasteiger partial charge on any atom is -0.0851 e. The molecule has 3 unspecified atom stereocenters. The van der Waals surface area contributed by atoms with Crippen LogP contribution in [-0.2, 0) is 0 Å². The minimum atomic E-state index is 0.864. The molecule has 0 radical (unpaired) electrons. The van der Waals surface area contributed by atoms with Crippen molar-refractivity contribution in [3.05, 3.63) is 12.2 Å². The molecule has 94 valence electrons. The molecule has 0 bridgehead atoms. The van der Waals surface area contributed by atoms with Crippen LogP contribution in [0.4, 0.5) is 0 Å². The smallest absolute Gasteiger partial charge is 0.0207 e. The fraction of sp³-hybridized carbons (Fsp3) is 0.875. The van der Waals surface area contributed by atoms with Crippen LogP contribution in [0.25, 0.3) is 0 Å². The summed E-state index contributed by atoms with van der Waals surface area (Å²) in [5.74, 6) is 3.51. The van der Waals surface area contributed by atoms with Gasteiger partial charge < -0.3 is 0 Å². The lowest BCUT2D eigenvalue weighted by Gasteiger charge is -2.27. The first-order valence-corrected chi connectivity index (χ1v) is 7.31. The Morgan fingerprint density at radius 2 is 1.81 bits per heavy atom. The second-order valence-corrected chi connectivity index (χ2v) is 6.12. The molecule has 3 atom stereocenters. The van der Waals surface area contributed by atoms with Gasteiger partial charge >= 0.3 is 0 Å². The van der Waals surface area contributed by atoms with Crippen LogP contribution in [0.5, 0.6) is 0 Å². The lowest BCUT2D eigenvalue weighted by Crippen LogP contribution is -2.16. The van der Waals surface area contributed by atoms with Crippen molar-refractivity contribution < 1.29 is 0 Å². The molecule has 0 amide bonds. The van der Waals surface area contributed by atoms with Crippen molar-refractivity contribution in [2.45, 2.75) is 66.2 Å². The maximum absolute atomic E-state index is 2.52. The number of rotatable bonds is 6. The Morgan fingerprint density at radius 1 is 1.06 bits per heavy atom. The zero-order valence-electron chi connectivity index (χ0n) is 11.7. The normalized spacial score (nSPS) is 27.3. The summed E-state index contributed by atoms with van der Waals surface area (Å²) in [6.07, 6.45) is 13.4. The average molecular weight is 222 g/mol. The zero-order valence-corrected chi connectivity index (χ0v) is 11.7. The topological polar surface area (TPSA) is 0 Å². The van der Waals surface area contributed by atoms with Crippen LogP contribution in [0.1, 0.15) is 66.2 Å². The lowest BCUT2D eigenvalue weighted by atomic mass is 9.78. The van der Waals surface area contributed by atoms with Crippen LogP contribution in [0.15, 0.2) is 12.2 Å². The third-order valence-corrected chi connectivity index (χ3v) is 4.09. The van der Waals surface area contributed by atoms with Crippen LogP contribution in [-0.4, -0.2) is 0 Å². The van der Waals surface area contributed by atoms with Crippen molar-refractivity contribution >= 4 is 0 Å². The van der Waals surface area contributed by atoms with Crippen LogP contribution >= 0.6 is 0 Å². The molecule has 1 aliphatic rings. The fourth-order valence-electron chi connectivity index (χ4n) is 2.79. The van der Waals surface area contributed by atoms with Crippen molar-refractivity contribution in [1.82, 2.24) is 0 Å². The van der Waals surface area contributed by atoms with Gasteiger partial charge in [-0.25, -0.2) is 0 Å². The highest BCUT2D eigenvalue weighted by atomic mass is 14.3. The Hall–Kier alpha value is -0.260. The van der Waals surface area contributed by atoms with Gasteiger partial charge in [-0.2, -0.15) is 0 Å². The van der Waals surface area contributed by atoms with Crippen LogP contribution < -0.4 is 0 Å². The highest BCUT2D eigenvalue weighted by molar-refractivity contribution is 4.99. The van der Waals surface area contributed by atoms with Crippen molar-refractivity contribution in [1.29, 1.82) is 0 Å². The molecule has 0 saturated heterocycles. The maximum atomic E-state index is 2.52. The Labute approximate surface area is 103 Å². The third kappa shape index (κ3) is 4.72. The molecule has 0 aliphatic heterocycles. The van der Waals surface area contributed by atoms with Crippen molar-refractivity contribution in [2.75, 3.05) is 0 Å². The Balaban J connectivity index is 2.31. The van der Waals surface area contributed by atoms with Gasteiger partial charge in [0.05, 0.1) is 0 Å². The molecule has 0 fully saturated rings. The average Bonchev–Trinajstić information content (AvgIpc) is 2.27. The van der Waals surface area contributed by atoms with E-state index in [1.165, 1.54) is 38.5 Å². The predicted octanol–water partition coefficient (Wildman–Crippen LogP) is 5.44. The van der Waals surface area contributed by atoms with E-state index in [0.717, 1.165) is 23.7 Å². The number of hydrogen-bond acceptors (Lipinski definition) is 0. The second-order valence-electron chi connectivity index (χ2n) is 6.12. The molecule has 0 aromatic heterocycles. The molecule has 0 spiro atoms. The molecule has 0 aromatic carbocycles. The summed E-state index contributed by atoms with van der Waals surface area (Å²) in [7, 11) is 0. The number of hydrogen-bond donors (Lipinski definition) is 0. The summed E-state index contributed by atoms with van der Waals surface area (Å²) < 4.78 is 0. The largest absolute Gasteiger partial charge is 0.0851 e. The monoisotopic (exact) mass is 222 g/mol. The summed E-state index contributed by atoms with van der Waals surface area (Å²) in [6.45, 7) is 9.41. The molecule has 1 rings (SSSR count). The standard InChI is InChI=1S/C16H30/c1-5-6-15-9-11-16(12-10-15)14(4)8-7-13(2)3/h9,11,13-16H,5-8,10,12H2,1-4H3. The van der Waals surface area contributed by atoms with Gasteiger partial charge in [0.25, 0.3) is 0 Å². The molecule has 0 heterocycles. The van der Waals surface area contributed by atoms with Crippen molar-refractivity contribution in [3.8, 4) is 0 Å². The molecule has 0 saturated carbocycles. The van der Waals surface area contributed by atoms with Gasteiger partial charge in [0, 0.05) is 0 Å². The van der Waals surface area contributed by atoms with E-state index in [1.54, 1.807) is 0 Å². The second kappa shape index (κ2) is 7.14. The molecule has 1 aliphatic carbocycles. The van der Waals surface area contributed by atoms with E-state index in [4.69, 9.17) is 0 Å². The fourth-order valence-corrected chi connectivity index (χ4v) is 2.79. The first-order valence-electron chi connectivity index (χ1n) is 7.31. The zero-order chi connectivity index (χ0) is 12.0. The van der Waals surface area contributed by atoms with E-state index in [9.17, 15) is 0 Å². The van der Waals surface area contributed by atoms with E-state index in [0.29, 0.717) is 0 Å². The van der Waals surface area contributed by atoms with Gasteiger partial charge in [-0.15, -0.1) is 0 Å². The summed E-state index contributed by atoms with van der Waals surface area (Å²) >= 11 is 0. The van der Waals surface area contributed by atoms with Crippen LogP contribution in [0, 0.1) is 23.7 Å². The highest BCUT2D eigenvalue weighted by Crippen LogP contribution is 2.32. The SMILES string of the molecule is CCCC1C=CC(C(C)CCC(C)C)CC1. The Bertz CT molecular complexity index is 202. The Morgan fingerprint density at radius 3 is 2.31 bits per heavy atom. The summed E-state index contributed by atoms with van der Waals surface area (Å²) in [6, 6.07) is 0. The predicted molar refractivity (Wildman–Crippen MR) is 73.5 cm³/mol. The minimum absolute atomic E-state index is 0.864. The van der Waals surface area contributed by atoms with Crippen LogP contribution in [0.2, 0.25) is 0 Å². The van der Waals surface area contributed by atoms with Gasteiger partial charge in [0.1, 0.15) is 0 Å². The van der Waals surface area contributed by atoms with E-state index in [2.05, 4.69) is 39.8 Å². The summed E-state index contributed by atoms with van der Waals surface area (Å²) in [5, 5.41) is 0. The van der Waals surface area contributed by atoms with Gasteiger partial charge in [-0.05, 0) is 49.4 Å². The molecule has 16 heavy (non-hydrogen) atoms. The van der Waals surface area contributed by atoms with Gasteiger partial charge in [0.2, 0.25) is 0 Å². The molecule has 0 heteroatoms.